The van der Waals surface area contributed by atoms with Gasteiger partial charge in [-0.15, -0.1) is 0 Å². The molecule has 0 aromatic heterocycles. The van der Waals surface area contributed by atoms with Gasteiger partial charge in [0.05, 0.1) is 4.90 Å². The summed E-state index contributed by atoms with van der Waals surface area (Å²) in [7, 11) is -1.84. The summed E-state index contributed by atoms with van der Waals surface area (Å²) in [5.41, 5.74) is 0. The SMILES string of the molecule is CN(C1CCNCC1)S(=O)(=O)c1ccc2c(c1)OCO2. The molecule has 0 bridgehead atoms. The molecule has 110 valence electrons. The highest BCUT2D eigenvalue weighted by Gasteiger charge is 2.30. The summed E-state index contributed by atoms with van der Waals surface area (Å²) in [5.74, 6) is 1.08. The van der Waals surface area contributed by atoms with Crippen LogP contribution >= 0.6 is 0 Å². The van der Waals surface area contributed by atoms with Crippen LogP contribution in [-0.2, 0) is 10.0 Å². The first-order valence-corrected chi connectivity index (χ1v) is 8.11. The van der Waals surface area contributed by atoms with Crippen molar-refractivity contribution < 1.29 is 17.9 Å². The standard InChI is InChI=1S/C13H18N2O4S/c1-15(10-4-6-14-7-5-10)20(16,17)11-2-3-12-13(8-11)19-9-18-12/h2-3,8,10,14H,4-7,9H2,1H3. The van der Waals surface area contributed by atoms with E-state index in [9.17, 15) is 8.42 Å². The number of benzene rings is 1. The van der Waals surface area contributed by atoms with Crippen molar-refractivity contribution in [2.75, 3.05) is 26.9 Å². The first-order chi connectivity index (χ1) is 9.59. The summed E-state index contributed by atoms with van der Waals surface area (Å²) in [4.78, 5) is 0.253. The fourth-order valence-electron chi connectivity index (χ4n) is 2.57. The zero-order valence-electron chi connectivity index (χ0n) is 11.3. The van der Waals surface area contributed by atoms with Gasteiger partial charge >= 0.3 is 0 Å². The molecule has 1 N–H and O–H groups in total. The quantitative estimate of drug-likeness (QED) is 0.893. The molecule has 1 saturated heterocycles. The third kappa shape index (κ3) is 2.36. The third-order valence-electron chi connectivity index (χ3n) is 3.84. The lowest BCUT2D eigenvalue weighted by molar-refractivity contribution is 0.174. The normalized spacial score (nSPS) is 19.5. The van der Waals surface area contributed by atoms with Gasteiger partial charge in [-0.25, -0.2) is 8.42 Å². The van der Waals surface area contributed by atoms with Gasteiger partial charge in [0.25, 0.3) is 0 Å². The lowest BCUT2D eigenvalue weighted by Gasteiger charge is -2.30. The van der Waals surface area contributed by atoms with Gasteiger partial charge in [0.2, 0.25) is 16.8 Å². The molecule has 0 unspecified atom stereocenters. The highest BCUT2D eigenvalue weighted by Crippen LogP contribution is 2.35. The summed E-state index contributed by atoms with van der Waals surface area (Å²) in [6.45, 7) is 1.85. The van der Waals surface area contributed by atoms with Gasteiger partial charge in [0.15, 0.2) is 11.5 Å². The number of hydrogen-bond acceptors (Lipinski definition) is 5. The Kier molecular flexibility index (Phi) is 3.57. The van der Waals surface area contributed by atoms with Gasteiger partial charge in [-0.05, 0) is 38.1 Å². The first kappa shape index (κ1) is 13.7. The van der Waals surface area contributed by atoms with Gasteiger partial charge in [-0.2, -0.15) is 4.31 Å². The van der Waals surface area contributed by atoms with Crippen LogP contribution in [0, 0.1) is 0 Å². The largest absolute Gasteiger partial charge is 0.454 e. The van der Waals surface area contributed by atoms with Crippen molar-refractivity contribution in [3.8, 4) is 11.5 Å². The molecule has 2 heterocycles. The molecular weight excluding hydrogens is 280 g/mol. The number of nitrogens with one attached hydrogen (secondary N) is 1. The number of fused-ring (bicyclic) bond motifs is 1. The summed E-state index contributed by atoms with van der Waals surface area (Å²) < 4.78 is 37.2. The maximum atomic E-state index is 12.6. The fraction of sp³-hybridized carbons (Fsp3) is 0.538. The predicted molar refractivity (Wildman–Crippen MR) is 73.4 cm³/mol. The molecule has 1 aromatic rings. The van der Waals surface area contributed by atoms with E-state index in [0.717, 1.165) is 25.9 Å². The molecule has 1 fully saturated rings. The Morgan fingerprint density at radius 3 is 2.65 bits per heavy atom. The van der Waals surface area contributed by atoms with Crippen LogP contribution in [0.25, 0.3) is 0 Å². The van der Waals surface area contributed by atoms with Crippen LogP contribution in [-0.4, -0.2) is 45.7 Å². The van der Waals surface area contributed by atoms with Gasteiger partial charge in [0.1, 0.15) is 0 Å². The summed E-state index contributed by atoms with van der Waals surface area (Å²) >= 11 is 0. The Balaban J connectivity index is 1.87. The second kappa shape index (κ2) is 5.23. The number of piperidine rings is 1. The molecule has 0 aliphatic carbocycles. The smallest absolute Gasteiger partial charge is 0.243 e. The second-order valence-electron chi connectivity index (χ2n) is 5.02. The molecule has 0 atom stereocenters. The molecule has 7 heteroatoms. The zero-order chi connectivity index (χ0) is 14.2. The van der Waals surface area contributed by atoms with Crippen LogP contribution in [0.3, 0.4) is 0 Å². The summed E-state index contributed by atoms with van der Waals surface area (Å²) in [6, 6.07) is 4.80. The number of sulfonamides is 1. The van der Waals surface area contributed by atoms with Gasteiger partial charge in [-0.1, -0.05) is 0 Å². The van der Waals surface area contributed by atoms with E-state index < -0.39 is 10.0 Å². The monoisotopic (exact) mass is 298 g/mol. The van der Waals surface area contributed by atoms with Gasteiger partial charge < -0.3 is 14.8 Å². The first-order valence-electron chi connectivity index (χ1n) is 6.67. The Labute approximate surface area is 118 Å². The van der Waals surface area contributed by atoms with Crippen molar-refractivity contribution in [3.05, 3.63) is 18.2 Å². The van der Waals surface area contributed by atoms with Crippen LogP contribution in [0.15, 0.2) is 23.1 Å². The van der Waals surface area contributed by atoms with E-state index in [0.29, 0.717) is 11.5 Å². The lowest BCUT2D eigenvalue weighted by Crippen LogP contribution is -2.43. The van der Waals surface area contributed by atoms with Crippen molar-refractivity contribution >= 4 is 10.0 Å². The molecule has 20 heavy (non-hydrogen) atoms. The van der Waals surface area contributed by atoms with E-state index in [1.807, 2.05) is 0 Å². The molecule has 0 radical (unpaired) electrons. The summed E-state index contributed by atoms with van der Waals surface area (Å²) in [5, 5.41) is 3.24. The van der Waals surface area contributed by atoms with E-state index in [-0.39, 0.29) is 17.7 Å². The number of nitrogens with zero attached hydrogens (tertiary/aromatic N) is 1. The molecule has 2 aliphatic rings. The lowest BCUT2D eigenvalue weighted by atomic mass is 10.1. The maximum Gasteiger partial charge on any atom is 0.243 e. The van der Waals surface area contributed by atoms with Crippen LogP contribution in [0.2, 0.25) is 0 Å². The third-order valence-corrected chi connectivity index (χ3v) is 5.75. The van der Waals surface area contributed by atoms with E-state index in [4.69, 9.17) is 9.47 Å². The Morgan fingerprint density at radius 1 is 1.20 bits per heavy atom. The Morgan fingerprint density at radius 2 is 1.90 bits per heavy atom. The van der Waals surface area contributed by atoms with Crippen molar-refractivity contribution in [2.45, 2.75) is 23.8 Å². The Bertz CT molecular complexity index is 596. The molecule has 0 amide bonds. The van der Waals surface area contributed by atoms with Gasteiger partial charge in [0, 0.05) is 19.2 Å². The topological polar surface area (TPSA) is 67.9 Å². The molecule has 0 saturated carbocycles. The molecule has 0 spiro atoms. The van der Waals surface area contributed by atoms with Crippen molar-refractivity contribution in [1.29, 1.82) is 0 Å². The summed E-state index contributed by atoms with van der Waals surface area (Å²) in [6.07, 6.45) is 1.67. The van der Waals surface area contributed by atoms with Crippen LogP contribution in [0.1, 0.15) is 12.8 Å². The molecular formula is C13H18N2O4S. The molecule has 6 nitrogen and oxygen atoms in total. The van der Waals surface area contributed by atoms with Crippen molar-refractivity contribution in [3.63, 3.8) is 0 Å². The highest BCUT2D eigenvalue weighted by molar-refractivity contribution is 7.89. The minimum absolute atomic E-state index is 0.0478. The highest BCUT2D eigenvalue weighted by atomic mass is 32.2. The van der Waals surface area contributed by atoms with Crippen LogP contribution in [0.5, 0.6) is 11.5 Å². The number of ether oxygens (including phenoxy) is 2. The number of hydrogen-bond donors (Lipinski definition) is 1. The van der Waals surface area contributed by atoms with E-state index in [1.165, 1.54) is 10.4 Å². The number of rotatable bonds is 3. The average molecular weight is 298 g/mol. The van der Waals surface area contributed by atoms with E-state index in [1.54, 1.807) is 19.2 Å². The van der Waals surface area contributed by atoms with Crippen molar-refractivity contribution in [2.24, 2.45) is 0 Å². The molecule has 2 aliphatic heterocycles. The van der Waals surface area contributed by atoms with E-state index in [2.05, 4.69) is 5.32 Å². The predicted octanol–water partition coefficient (Wildman–Crippen LogP) is 0.788. The molecule has 3 rings (SSSR count). The second-order valence-corrected chi connectivity index (χ2v) is 7.01. The maximum absolute atomic E-state index is 12.6. The van der Waals surface area contributed by atoms with Crippen molar-refractivity contribution in [1.82, 2.24) is 9.62 Å². The minimum Gasteiger partial charge on any atom is -0.454 e. The minimum atomic E-state index is -3.49. The van der Waals surface area contributed by atoms with Crippen LogP contribution < -0.4 is 14.8 Å². The van der Waals surface area contributed by atoms with E-state index >= 15 is 0 Å². The Hall–Kier alpha value is -1.31. The van der Waals surface area contributed by atoms with Crippen LogP contribution in [0.4, 0.5) is 0 Å². The zero-order valence-corrected chi connectivity index (χ0v) is 12.1. The molecule has 1 aromatic carbocycles. The average Bonchev–Trinajstić information content (AvgIpc) is 2.94. The fourth-order valence-corrected chi connectivity index (χ4v) is 4.00. The van der Waals surface area contributed by atoms with Gasteiger partial charge in [-0.3, -0.25) is 0 Å².